The zero-order chi connectivity index (χ0) is 106. The lowest BCUT2D eigenvalue weighted by molar-refractivity contribution is -0.139. The number of rotatable bonds is 85. The SMILES string of the molecule is N=C(N)NCCC[C@H](NC(=O)[C@H](CCC(=O)O)NC(=O)[C@H](CCCNC(=N)N)NC(=O)[C@H](CCCCN)NC(=O)[C@H](CCCCNC(=O)[C@H](CCCCNC(=O)CCCNC(=O)CCCNC(=O)CCl)NC(=O)CCCNC(=O)CCCNC(=O)CCl)NC(=O)[C@H](CCCCNC(=O)CCCNC(=O)CCCNC(=O)CCl)NC(=O)CCCNC(=O)CCCNC(=O)CCl)C(=O)N[C@@H](CCC(=O)O)C(N)=O. The van der Waals surface area contributed by atoms with Crippen molar-refractivity contribution in [3.8, 4) is 0 Å². The van der Waals surface area contributed by atoms with E-state index in [-0.39, 0.29) is 330 Å². The Balaban J connectivity index is 7.86. The molecule has 0 rings (SSSR count). The second-order valence-corrected chi connectivity index (χ2v) is 33.8. The predicted octanol–water partition coefficient (Wildman–Crippen LogP) is -5.28. The van der Waals surface area contributed by atoms with Crippen LogP contribution in [0.2, 0.25) is 0 Å². The monoisotopic (exact) mass is 2080 g/mol. The Bertz CT molecular complexity index is 3960. The molecule has 0 saturated carbocycles. The Kier molecular flexibility index (Phi) is 74.7. The number of aliphatic carboxylic acids is 2. The summed E-state index contributed by atoms with van der Waals surface area (Å²) in [4.78, 5) is 288. The first-order valence-corrected chi connectivity index (χ1v) is 49.6. The van der Waals surface area contributed by atoms with Crippen LogP contribution in [0.15, 0.2) is 0 Å². The van der Waals surface area contributed by atoms with Crippen molar-refractivity contribution in [3.63, 3.8) is 0 Å². The molecule has 800 valence electrons. The van der Waals surface area contributed by atoms with E-state index in [2.05, 4.69) is 112 Å². The van der Waals surface area contributed by atoms with Crippen molar-refractivity contribution in [2.75, 3.05) is 115 Å². The van der Waals surface area contributed by atoms with Gasteiger partial charge < -0.3 is 145 Å². The molecule has 0 unspecified atom stereocenters. The van der Waals surface area contributed by atoms with Crippen LogP contribution in [0.5, 0.6) is 0 Å². The number of carboxylic acid groups (broad SMARTS) is 2. The third-order valence-corrected chi connectivity index (χ3v) is 21.7. The number of amides is 20. The first-order valence-electron chi connectivity index (χ1n) is 47.5. The molecule has 20 amide bonds. The van der Waals surface area contributed by atoms with Gasteiger partial charge in [-0.2, -0.15) is 0 Å². The van der Waals surface area contributed by atoms with Crippen molar-refractivity contribution in [1.29, 1.82) is 10.8 Å². The normalized spacial score (nSPS) is 12.4. The third-order valence-electron chi connectivity index (χ3n) is 20.7. The van der Waals surface area contributed by atoms with Crippen LogP contribution in [-0.2, 0) is 105 Å². The molecule has 0 aliphatic heterocycles. The van der Waals surface area contributed by atoms with Gasteiger partial charge in [-0.25, -0.2) is 0 Å². The quantitative estimate of drug-likeness (QED) is 0.0117. The summed E-state index contributed by atoms with van der Waals surface area (Å²) in [6.45, 7) is 1.33. The van der Waals surface area contributed by atoms with Crippen molar-refractivity contribution in [2.45, 2.75) is 279 Å². The van der Waals surface area contributed by atoms with Gasteiger partial charge in [-0.1, -0.05) is 0 Å². The lowest BCUT2D eigenvalue weighted by Crippen LogP contribution is -2.60. The molecule has 8 atom stereocenters. The molecule has 0 bridgehead atoms. The molecule has 51 nitrogen and oxygen atoms in total. The van der Waals surface area contributed by atoms with Crippen molar-refractivity contribution in [1.82, 2.24) is 112 Å². The van der Waals surface area contributed by atoms with Gasteiger partial charge in [0.15, 0.2) is 11.9 Å². The molecule has 33 N–H and O–H groups in total. The molecule has 0 heterocycles. The van der Waals surface area contributed by atoms with Crippen LogP contribution in [0, 0.1) is 10.8 Å². The Labute approximate surface area is 839 Å². The minimum absolute atomic E-state index is 0.00138. The van der Waals surface area contributed by atoms with Gasteiger partial charge in [0, 0.05) is 149 Å². The molecule has 0 saturated heterocycles. The maximum Gasteiger partial charge on any atom is 0.303 e. The maximum atomic E-state index is 15.3. The average molecular weight is 2090 g/mol. The van der Waals surface area contributed by atoms with Gasteiger partial charge in [-0.05, 0) is 173 Å². The fourth-order valence-corrected chi connectivity index (χ4v) is 13.5. The molecule has 0 spiro atoms. The van der Waals surface area contributed by atoms with Crippen molar-refractivity contribution in [3.05, 3.63) is 0 Å². The first kappa shape index (κ1) is 129. The lowest BCUT2D eigenvalue weighted by atomic mass is 10.0. The minimum atomic E-state index is -1.83. The summed E-state index contributed by atoms with van der Waals surface area (Å²) in [5.41, 5.74) is 22.4. The molecule has 0 aromatic carbocycles. The topological polar surface area (TPSA) is 820 Å². The van der Waals surface area contributed by atoms with Gasteiger partial charge >= 0.3 is 11.9 Å². The molecular formula is C86H149Cl4N27O24. The molecule has 0 aliphatic carbocycles. The molecule has 141 heavy (non-hydrogen) atoms. The second-order valence-electron chi connectivity index (χ2n) is 32.8. The fraction of sp³-hybridized carbons (Fsp3) is 0.721. The summed E-state index contributed by atoms with van der Waals surface area (Å²) in [5.74, 6) is -17.8. The van der Waals surface area contributed by atoms with Crippen LogP contribution < -0.4 is 135 Å². The van der Waals surface area contributed by atoms with E-state index in [0.29, 0.717) is 32.1 Å². The van der Waals surface area contributed by atoms with Crippen LogP contribution in [0.3, 0.4) is 0 Å². The summed E-state index contributed by atoms with van der Waals surface area (Å²) in [5, 5.41) is 89.6. The Morgan fingerprint density at radius 3 is 0.638 bits per heavy atom. The number of guanidine groups is 2. The number of hydrogen-bond acceptors (Lipinski definition) is 25. The van der Waals surface area contributed by atoms with E-state index < -0.39 is 175 Å². The summed E-state index contributed by atoms with van der Waals surface area (Å²) < 4.78 is 0. The van der Waals surface area contributed by atoms with Crippen LogP contribution in [0.25, 0.3) is 0 Å². The number of primary amides is 1. The predicted molar refractivity (Wildman–Crippen MR) is 521 cm³/mol. The maximum absolute atomic E-state index is 15.3. The number of unbranched alkanes of at least 4 members (excludes halogenated alkanes) is 4. The minimum Gasteiger partial charge on any atom is -0.481 e. The number of nitrogens with one attached hydrogen (secondary N) is 23. The van der Waals surface area contributed by atoms with Crippen molar-refractivity contribution < 1.29 is 116 Å². The average Bonchev–Trinajstić information content (AvgIpc) is 0.935. The Morgan fingerprint density at radius 2 is 0.397 bits per heavy atom. The highest BCUT2D eigenvalue weighted by Gasteiger charge is 2.36. The van der Waals surface area contributed by atoms with Crippen LogP contribution >= 0.6 is 46.4 Å². The number of carbonyl (C=O) groups excluding carboxylic acids is 20. The highest BCUT2D eigenvalue weighted by atomic mass is 35.5. The summed E-state index contributed by atoms with van der Waals surface area (Å²) >= 11 is 22.1. The van der Waals surface area contributed by atoms with E-state index in [1.54, 1.807) is 0 Å². The zero-order valence-corrected chi connectivity index (χ0v) is 83.0. The van der Waals surface area contributed by atoms with E-state index in [4.69, 9.17) is 80.2 Å². The van der Waals surface area contributed by atoms with E-state index in [1.807, 2.05) is 0 Å². The van der Waals surface area contributed by atoms with Crippen LogP contribution in [0.4, 0.5) is 0 Å². The first-order chi connectivity index (χ1) is 67.3. The van der Waals surface area contributed by atoms with Crippen LogP contribution in [-0.4, -0.2) is 316 Å². The summed E-state index contributed by atoms with van der Waals surface area (Å²) in [7, 11) is 0. The van der Waals surface area contributed by atoms with Crippen LogP contribution in [0.1, 0.15) is 231 Å². The molecule has 0 aromatic heterocycles. The number of alkyl halides is 4. The number of halogens is 4. The molecule has 0 radical (unpaired) electrons. The second kappa shape index (κ2) is 81.7. The van der Waals surface area contributed by atoms with E-state index in [9.17, 15) is 101 Å². The molecule has 0 aromatic rings. The van der Waals surface area contributed by atoms with Gasteiger partial charge in [0.1, 0.15) is 71.9 Å². The molecule has 0 fully saturated rings. The van der Waals surface area contributed by atoms with Gasteiger partial charge in [0.25, 0.3) is 0 Å². The Morgan fingerprint density at radius 1 is 0.206 bits per heavy atom. The van der Waals surface area contributed by atoms with Crippen molar-refractivity contribution >= 4 is 188 Å². The largest absolute Gasteiger partial charge is 0.481 e. The van der Waals surface area contributed by atoms with Gasteiger partial charge in [-0.3, -0.25) is 116 Å². The summed E-state index contributed by atoms with van der Waals surface area (Å²) in [6, 6.07) is -12.6. The standard InChI is InChI=1S/C86H149Cl4N27O24/c87-51-71(126)103-45-13-27-65(120)99-41-11-25-63(118)97-38-6-2-20-56(110-69(124)31-17-43-101-67(122)29-15-47-105-73(128)53-89)78(135)107-40-8-4-22-59(113-79(136)57(111-70(125)32-18-44-102-68(123)30-16-48-106-74(129)54-90)21-3-7-39-98-64(119)26-12-42-100-66(121)28-14-46-104-72(127)52-88)82(139)114-58(19-1-5-37-91)81(138)115-61(24-10-50-109-86(95)96)83(140)117-62(34-36-76(132)133)84(141)116-60(23-9-49-108-85(93)94)80(137)112-55(77(92)134)33-35-75(130)131/h55-62H,1-54,91H2,(H2,92,134)(H,97,118)(H,98,119)(H,99,120)(H,100,121)(H,101,122)(H,102,123)(H,103,126)(H,104,127)(H,105,128)(H,106,129)(H,107,135)(H,110,124)(H,111,125)(H,112,137)(H,113,136)(H,114,139)(H,115,138)(H,116,141)(H,117,140)(H,130,131)(H,132,133)(H4,93,94,108)(H4,95,96,109)/t55-,56-,57-,58-,59-,60-,61-,62-/m0/s1. The van der Waals surface area contributed by atoms with E-state index in [1.165, 1.54) is 0 Å². The molecular weight excluding hydrogens is 1940 g/mol. The van der Waals surface area contributed by atoms with Gasteiger partial charge in [-0.15, -0.1) is 46.4 Å². The number of carbonyl (C=O) groups is 22. The van der Waals surface area contributed by atoms with Gasteiger partial charge in [0.2, 0.25) is 118 Å². The molecule has 55 heteroatoms. The highest BCUT2D eigenvalue weighted by Crippen LogP contribution is 2.14. The van der Waals surface area contributed by atoms with Crippen molar-refractivity contribution in [2.24, 2.45) is 22.9 Å². The van der Waals surface area contributed by atoms with Gasteiger partial charge in [0.05, 0.1) is 0 Å². The number of carboxylic acids is 2. The number of hydrogen-bond donors (Lipinski definition) is 29. The van der Waals surface area contributed by atoms with E-state index in [0.717, 1.165) is 0 Å². The fourth-order valence-electron chi connectivity index (χ4n) is 13.2. The Hall–Kier alpha value is -12.0. The smallest absolute Gasteiger partial charge is 0.303 e. The zero-order valence-electron chi connectivity index (χ0n) is 80.0. The lowest BCUT2D eigenvalue weighted by Gasteiger charge is -2.28. The third kappa shape index (κ3) is 71.2. The van der Waals surface area contributed by atoms with E-state index >= 15 is 14.4 Å². The molecule has 0 aliphatic rings. The number of nitrogens with two attached hydrogens (primary N) is 4. The summed E-state index contributed by atoms with van der Waals surface area (Å²) in [6.07, 6.45) is -0.369. The highest BCUT2D eigenvalue weighted by molar-refractivity contribution is 6.28.